The molecule has 1 aliphatic heterocycles. The van der Waals surface area contributed by atoms with Crippen molar-refractivity contribution in [1.82, 2.24) is 0 Å². The minimum atomic E-state index is -4.58. The monoisotopic (exact) mass is 330 g/mol. The predicted molar refractivity (Wildman–Crippen MR) is 74.8 cm³/mol. The summed E-state index contributed by atoms with van der Waals surface area (Å²) in [5, 5.41) is 9.70. The van der Waals surface area contributed by atoms with Gasteiger partial charge in [0.1, 0.15) is 5.56 Å². The molecule has 1 saturated carbocycles. The van der Waals surface area contributed by atoms with Crippen LogP contribution in [0.2, 0.25) is 0 Å². The van der Waals surface area contributed by atoms with Gasteiger partial charge in [-0.1, -0.05) is 18.9 Å². The topological polar surface area (TPSA) is 55.8 Å². The zero-order valence-corrected chi connectivity index (χ0v) is 12.4. The third-order valence-electron chi connectivity index (χ3n) is 4.58. The number of carboxylic acid groups (broad SMARTS) is 1. The van der Waals surface area contributed by atoms with Crippen LogP contribution < -0.4 is 9.47 Å². The van der Waals surface area contributed by atoms with E-state index in [1.807, 2.05) is 0 Å². The first kappa shape index (κ1) is 16.0. The molecule has 0 spiro atoms. The number of fused-ring (bicyclic) bond motifs is 1. The highest BCUT2D eigenvalue weighted by Gasteiger charge is 2.47. The molecule has 0 saturated heterocycles. The Morgan fingerprint density at radius 3 is 2.22 bits per heavy atom. The Bertz CT molecular complexity index is 618. The summed E-state index contributed by atoms with van der Waals surface area (Å²) in [6.45, 7) is 0.316. The van der Waals surface area contributed by atoms with Crippen LogP contribution in [0.25, 0.3) is 0 Å². The van der Waals surface area contributed by atoms with Crippen molar-refractivity contribution in [2.24, 2.45) is 0 Å². The van der Waals surface area contributed by atoms with E-state index in [-0.39, 0.29) is 24.7 Å². The standard InChI is InChI=1S/C16H17F3O4/c17-16(18,19)11-5-4-10(12-13(11)23-9-3-8-22-12)15(14(20)21)6-1-2-7-15/h4-5H,1-3,6-9H2,(H,20,21). The van der Waals surface area contributed by atoms with Gasteiger partial charge in [0.2, 0.25) is 0 Å². The first-order chi connectivity index (χ1) is 10.9. The second-order valence-corrected chi connectivity index (χ2v) is 5.96. The number of rotatable bonds is 2. The van der Waals surface area contributed by atoms with Gasteiger partial charge in [0.15, 0.2) is 11.5 Å². The molecule has 4 nitrogen and oxygen atoms in total. The number of carbonyl (C=O) groups is 1. The maximum absolute atomic E-state index is 13.2. The van der Waals surface area contributed by atoms with Crippen molar-refractivity contribution in [2.75, 3.05) is 13.2 Å². The zero-order chi connectivity index (χ0) is 16.7. The molecule has 1 heterocycles. The van der Waals surface area contributed by atoms with Crippen LogP contribution in [-0.2, 0) is 16.4 Å². The average molecular weight is 330 g/mol. The fourth-order valence-corrected chi connectivity index (χ4v) is 3.43. The maximum atomic E-state index is 13.2. The van der Waals surface area contributed by atoms with Gasteiger partial charge in [-0.2, -0.15) is 13.2 Å². The van der Waals surface area contributed by atoms with Crippen molar-refractivity contribution in [2.45, 2.75) is 43.7 Å². The van der Waals surface area contributed by atoms with E-state index in [9.17, 15) is 23.1 Å². The summed E-state index contributed by atoms with van der Waals surface area (Å²) >= 11 is 0. The Morgan fingerprint density at radius 1 is 1.04 bits per heavy atom. The minimum absolute atomic E-state index is 0.0541. The lowest BCUT2D eigenvalue weighted by Gasteiger charge is -2.28. The fraction of sp³-hybridized carbons (Fsp3) is 0.562. The molecule has 0 radical (unpaired) electrons. The molecular weight excluding hydrogens is 313 g/mol. The quantitative estimate of drug-likeness (QED) is 0.897. The largest absolute Gasteiger partial charge is 0.489 e. The van der Waals surface area contributed by atoms with Crippen molar-refractivity contribution in [3.05, 3.63) is 23.3 Å². The second-order valence-electron chi connectivity index (χ2n) is 5.96. The molecule has 0 unspecified atom stereocenters. The van der Waals surface area contributed by atoms with Crippen LogP contribution in [0.3, 0.4) is 0 Å². The summed E-state index contributed by atoms with van der Waals surface area (Å²) in [6.07, 6.45) is -1.90. The number of ether oxygens (including phenoxy) is 2. The minimum Gasteiger partial charge on any atom is -0.489 e. The van der Waals surface area contributed by atoms with E-state index in [2.05, 4.69) is 0 Å². The summed E-state index contributed by atoms with van der Waals surface area (Å²) in [5.74, 6) is -1.45. The normalized spacial score (nSPS) is 20.1. The van der Waals surface area contributed by atoms with Gasteiger partial charge >= 0.3 is 12.1 Å². The molecule has 2 aliphatic rings. The summed E-state index contributed by atoms with van der Waals surface area (Å²) < 4.78 is 50.5. The van der Waals surface area contributed by atoms with Gasteiger partial charge < -0.3 is 14.6 Å². The van der Waals surface area contributed by atoms with Crippen molar-refractivity contribution in [3.63, 3.8) is 0 Å². The van der Waals surface area contributed by atoms with Gasteiger partial charge in [0.25, 0.3) is 0 Å². The Labute approximate surface area is 131 Å². The Morgan fingerprint density at radius 2 is 1.65 bits per heavy atom. The summed E-state index contributed by atoms with van der Waals surface area (Å²) in [7, 11) is 0. The van der Waals surface area contributed by atoms with Crippen LogP contribution in [0.4, 0.5) is 13.2 Å². The number of carboxylic acids is 1. The Kier molecular flexibility index (Phi) is 3.90. The SMILES string of the molecule is O=C(O)C1(c2ccc(C(F)(F)F)c3c2OCCCO3)CCCC1. The molecule has 1 aliphatic carbocycles. The number of halogens is 3. The lowest BCUT2D eigenvalue weighted by Crippen LogP contribution is -2.33. The number of benzene rings is 1. The lowest BCUT2D eigenvalue weighted by atomic mass is 9.78. The molecule has 23 heavy (non-hydrogen) atoms. The highest BCUT2D eigenvalue weighted by atomic mass is 19.4. The molecule has 1 fully saturated rings. The maximum Gasteiger partial charge on any atom is 0.420 e. The molecule has 1 aromatic rings. The molecule has 7 heteroatoms. The number of hydrogen-bond acceptors (Lipinski definition) is 3. The van der Waals surface area contributed by atoms with Crippen molar-refractivity contribution >= 4 is 5.97 Å². The number of aliphatic carboxylic acids is 1. The molecule has 3 rings (SSSR count). The fourth-order valence-electron chi connectivity index (χ4n) is 3.43. The third kappa shape index (κ3) is 2.62. The zero-order valence-electron chi connectivity index (χ0n) is 12.4. The highest BCUT2D eigenvalue weighted by Crippen LogP contribution is 2.51. The summed E-state index contributed by atoms with van der Waals surface area (Å²) in [6, 6.07) is 2.15. The lowest BCUT2D eigenvalue weighted by molar-refractivity contribution is -0.143. The molecule has 0 aromatic heterocycles. The van der Waals surface area contributed by atoms with Crippen LogP contribution in [-0.4, -0.2) is 24.3 Å². The van der Waals surface area contributed by atoms with Gasteiger partial charge in [-0.15, -0.1) is 0 Å². The molecule has 0 bridgehead atoms. The van der Waals surface area contributed by atoms with Crippen LogP contribution in [0.5, 0.6) is 11.5 Å². The Hall–Kier alpha value is -1.92. The molecule has 1 N–H and O–H groups in total. The number of alkyl halides is 3. The smallest absolute Gasteiger partial charge is 0.420 e. The van der Waals surface area contributed by atoms with Crippen LogP contribution in [0.1, 0.15) is 43.2 Å². The third-order valence-corrected chi connectivity index (χ3v) is 4.58. The van der Waals surface area contributed by atoms with E-state index in [1.165, 1.54) is 6.07 Å². The molecule has 1 aromatic carbocycles. The molecule has 0 amide bonds. The van der Waals surface area contributed by atoms with Crippen molar-refractivity contribution in [1.29, 1.82) is 0 Å². The average Bonchev–Trinajstić information content (AvgIpc) is 2.85. The van der Waals surface area contributed by atoms with Crippen LogP contribution >= 0.6 is 0 Å². The van der Waals surface area contributed by atoms with E-state index in [4.69, 9.17) is 9.47 Å². The first-order valence-corrected chi connectivity index (χ1v) is 7.60. The van der Waals surface area contributed by atoms with Gasteiger partial charge in [0.05, 0.1) is 18.6 Å². The van der Waals surface area contributed by atoms with E-state index >= 15 is 0 Å². The van der Waals surface area contributed by atoms with E-state index in [0.29, 0.717) is 24.8 Å². The first-order valence-electron chi connectivity index (χ1n) is 7.60. The highest BCUT2D eigenvalue weighted by molar-refractivity contribution is 5.83. The second kappa shape index (κ2) is 5.62. The Balaban J connectivity index is 2.21. The van der Waals surface area contributed by atoms with Gasteiger partial charge in [-0.3, -0.25) is 4.79 Å². The van der Waals surface area contributed by atoms with Crippen molar-refractivity contribution < 1.29 is 32.5 Å². The van der Waals surface area contributed by atoms with Crippen LogP contribution in [0, 0.1) is 0 Å². The van der Waals surface area contributed by atoms with E-state index in [0.717, 1.165) is 18.9 Å². The van der Waals surface area contributed by atoms with Crippen LogP contribution in [0.15, 0.2) is 12.1 Å². The predicted octanol–water partition coefficient (Wildman–Crippen LogP) is 3.76. The summed E-state index contributed by atoms with van der Waals surface area (Å²) in [4.78, 5) is 11.9. The van der Waals surface area contributed by atoms with Gasteiger partial charge in [-0.25, -0.2) is 0 Å². The van der Waals surface area contributed by atoms with E-state index in [1.54, 1.807) is 0 Å². The molecule has 0 atom stereocenters. The summed E-state index contributed by atoms with van der Waals surface area (Å²) in [5.41, 5.74) is -1.81. The van der Waals surface area contributed by atoms with Gasteiger partial charge in [0, 0.05) is 12.0 Å². The van der Waals surface area contributed by atoms with Gasteiger partial charge in [-0.05, 0) is 18.9 Å². The number of hydrogen-bond donors (Lipinski definition) is 1. The molecular formula is C16H17F3O4. The van der Waals surface area contributed by atoms with E-state index < -0.39 is 23.1 Å². The van der Waals surface area contributed by atoms with Crippen molar-refractivity contribution in [3.8, 4) is 11.5 Å². The molecule has 126 valence electrons.